The third kappa shape index (κ3) is 3.34. The lowest BCUT2D eigenvalue weighted by Crippen LogP contribution is -2.18. The maximum absolute atomic E-state index is 12.0. The summed E-state index contributed by atoms with van der Waals surface area (Å²) < 4.78 is 6.56. The van der Waals surface area contributed by atoms with Gasteiger partial charge >= 0.3 is 5.97 Å². The lowest BCUT2D eigenvalue weighted by atomic mass is 9.93. The number of pyridine rings is 1. The summed E-state index contributed by atoms with van der Waals surface area (Å²) in [7, 11) is 0. The molecule has 0 atom stereocenters. The highest BCUT2D eigenvalue weighted by atomic mass is 16.5. The van der Waals surface area contributed by atoms with E-state index in [4.69, 9.17) is 4.74 Å². The number of hydrogen-bond acceptors (Lipinski definition) is 4. The number of rotatable bonds is 3. The van der Waals surface area contributed by atoms with Crippen LogP contribution in [0.3, 0.4) is 0 Å². The Morgan fingerprint density at radius 1 is 1.26 bits per heavy atom. The third-order valence-corrected chi connectivity index (χ3v) is 3.83. The first-order chi connectivity index (χ1) is 11.0. The molecule has 0 fully saturated rings. The van der Waals surface area contributed by atoms with Crippen LogP contribution >= 0.6 is 0 Å². The zero-order valence-corrected chi connectivity index (χ0v) is 12.8. The average molecular weight is 311 g/mol. The van der Waals surface area contributed by atoms with Gasteiger partial charge < -0.3 is 9.84 Å². The molecule has 1 aromatic carbocycles. The van der Waals surface area contributed by atoms with Gasteiger partial charge in [-0.2, -0.15) is 0 Å². The van der Waals surface area contributed by atoms with Crippen molar-refractivity contribution in [3.8, 4) is 5.75 Å². The molecule has 2 aromatic rings. The van der Waals surface area contributed by atoms with Crippen molar-refractivity contribution in [2.45, 2.75) is 26.4 Å². The van der Waals surface area contributed by atoms with Crippen LogP contribution < -0.4 is 5.56 Å². The molecule has 3 rings (SSSR count). The predicted octanol–water partition coefficient (Wildman–Crippen LogP) is 2.56. The fraction of sp³-hybridized carbons (Fsp3) is 0.222. The molecule has 0 bridgehead atoms. The molecule has 0 saturated heterocycles. The number of ether oxygens (including phenoxy) is 1. The molecule has 1 aliphatic rings. The van der Waals surface area contributed by atoms with Crippen LogP contribution in [0.5, 0.6) is 5.75 Å². The van der Waals surface area contributed by atoms with Crippen LogP contribution in [0.4, 0.5) is 0 Å². The Bertz CT molecular complexity index is 848. The topological polar surface area (TPSA) is 68.5 Å². The van der Waals surface area contributed by atoms with Crippen LogP contribution in [0.25, 0.3) is 11.8 Å². The molecule has 118 valence electrons. The van der Waals surface area contributed by atoms with Crippen LogP contribution in [0.1, 0.15) is 30.0 Å². The fourth-order valence-corrected chi connectivity index (χ4v) is 2.70. The molecular weight excluding hydrogens is 294 g/mol. The molecular formula is C18H17NO4. The van der Waals surface area contributed by atoms with Crippen LogP contribution in [0, 0.1) is 0 Å². The van der Waals surface area contributed by atoms with Crippen LogP contribution in [0.2, 0.25) is 0 Å². The Balaban J connectivity index is 1.89. The Kier molecular flexibility index (Phi) is 4.02. The van der Waals surface area contributed by atoms with E-state index in [1.165, 1.54) is 24.6 Å². The first kappa shape index (κ1) is 15.1. The van der Waals surface area contributed by atoms with Crippen LogP contribution in [0.15, 0.2) is 41.3 Å². The smallest absolute Gasteiger partial charge is 0.302 e. The minimum absolute atomic E-state index is 0.0295. The molecule has 0 amide bonds. The van der Waals surface area contributed by atoms with Gasteiger partial charge in [0, 0.05) is 24.9 Å². The normalized spacial score (nSPS) is 13.2. The summed E-state index contributed by atoms with van der Waals surface area (Å²) in [5.74, 6) is -0.324. The van der Waals surface area contributed by atoms with Crippen molar-refractivity contribution >= 4 is 17.7 Å². The van der Waals surface area contributed by atoms with Crippen molar-refractivity contribution in [3.63, 3.8) is 0 Å². The highest BCUT2D eigenvalue weighted by molar-refractivity contribution is 5.75. The Labute approximate surface area is 133 Å². The van der Waals surface area contributed by atoms with E-state index in [-0.39, 0.29) is 23.9 Å². The van der Waals surface area contributed by atoms with Gasteiger partial charge in [-0.3, -0.25) is 14.2 Å². The maximum atomic E-state index is 12.0. The number of carbonyl (C=O) groups excluding carboxylic acids is 1. The van der Waals surface area contributed by atoms with Crippen molar-refractivity contribution in [1.82, 2.24) is 4.57 Å². The number of allylic oxidation sites excluding steroid dienone is 1. The van der Waals surface area contributed by atoms with Crippen molar-refractivity contribution in [2.75, 3.05) is 0 Å². The van der Waals surface area contributed by atoms with E-state index >= 15 is 0 Å². The average Bonchev–Trinajstić information content (AvgIpc) is 2.52. The van der Waals surface area contributed by atoms with Gasteiger partial charge in [-0.05, 0) is 41.7 Å². The molecule has 0 saturated carbocycles. The van der Waals surface area contributed by atoms with Gasteiger partial charge in [0.1, 0.15) is 12.4 Å². The van der Waals surface area contributed by atoms with Gasteiger partial charge in [0.15, 0.2) is 0 Å². The summed E-state index contributed by atoms with van der Waals surface area (Å²) >= 11 is 0. The highest BCUT2D eigenvalue weighted by Gasteiger charge is 2.13. The second-order valence-electron chi connectivity index (χ2n) is 5.54. The number of aromatic nitrogens is 1. The number of carbonyl (C=O) groups is 1. The Morgan fingerprint density at radius 3 is 2.83 bits per heavy atom. The van der Waals surface area contributed by atoms with Gasteiger partial charge in [-0.1, -0.05) is 18.2 Å². The first-order valence-corrected chi connectivity index (χ1v) is 7.41. The first-order valence-electron chi connectivity index (χ1n) is 7.41. The Hall–Kier alpha value is -2.82. The van der Waals surface area contributed by atoms with E-state index in [9.17, 15) is 14.7 Å². The van der Waals surface area contributed by atoms with E-state index in [2.05, 4.69) is 0 Å². The van der Waals surface area contributed by atoms with E-state index in [1.54, 1.807) is 10.8 Å². The van der Waals surface area contributed by atoms with Crippen molar-refractivity contribution in [3.05, 3.63) is 63.6 Å². The molecule has 5 nitrogen and oxygen atoms in total. The second-order valence-corrected chi connectivity index (χ2v) is 5.54. The molecule has 0 spiro atoms. The Morgan fingerprint density at radius 2 is 2.09 bits per heavy atom. The van der Waals surface area contributed by atoms with E-state index in [0.717, 1.165) is 29.7 Å². The minimum Gasteiger partial charge on any atom is -0.508 e. The van der Waals surface area contributed by atoms with E-state index in [0.29, 0.717) is 0 Å². The number of fused-ring (bicyclic) bond motifs is 1. The summed E-state index contributed by atoms with van der Waals surface area (Å²) in [6.07, 6.45) is 5.10. The minimum atomic E-state index is -0.295. The molecule has 0 radical (unpaired) electrons. The number of aromatic hydroxyl groups is 1. The molecule has 1 heterocycles. The molecule has 0 aliphatic heterocycles. The van der Waals surface area contributed by atoms with E-state index < -0.39 is 0 Å². The SMILES string of the molecule is CC(=O)OCc1ccc2c(c1)CCC(n1ccc(O)cc1=O)=C2. The number of aryl methyl sites for hydroxylation is 1. The van der Waals surface area contributed by atoms with Crippen molar-refractivity contribution < 1.29 is 14.6 Å². The maximum Gasteiger partial charge on any atom is 0.302 e. The van der Waals surface area contributed by atoms with Gasteiger partial charge in [-0.15, -0.1) is 0 Å². The molecule has 1 aliphatic carbocycles. The quantitative estimate of drug-likeness (QED) is 0.885. The zero-order chi connectivity index (χ0) is 16.4. The van der Waals surface area contributed by atoms with Crippen LogP contribution in [-0.4, -0.2) is 15.6 Å². The van der Waals surface area contributed by atoms with Gasteiger partial charge in [0.05, 0.1) is 0 Å². The fourth-order valence-electron chi connectivity index (χ4n) is 2.70. The summed E-state index contributed by atoms with van der Waals surface area (Å²) in [6, 6.07) is 8.63. The molecule has 0 unspecified atom stereocenters. The third-order valence-electron chi connectivity index (χ3n) is 3.83. The van der Waals surface area contributed by atoms with E-state index in [1.807, 2.05) is 24.3 Å². The molecule has 1 N–H and O–H groups in total. The lowest BCUT2D eigenvalue weighted by molar-refractivity contribution is -0.142. The van der Waals surface area contributed by atoms with Crippen molar-refractivity contribution in [2.24, 2.45) is 0 Å². The largest absolute Gasteiger partial charge is 0.508 e. The lowest BCUT2D eigenvalue weighted by Gasteiger charge is -2.19. The van der Waals surface area contributed by atoms with Crippen LogP contribution in [-0.2, 0) is 22.6 Å². The molecule has 5 heteroatoms. The standard InChI is InChI=1S/C18H17NO4/c1-12(20)23-11-13-2-3-15-9-16(5-4-14(15)8-13)19-7-6-17(21)10-18(19)22/h2-3,6-10,21H,4-5,11H2,1H3. The molecule has 23 heavy (non-hydrogen) atoms. The monoisotopic (exact) mass is 311 g/mol. The van der Waals surface area contributed by atoms with Gasteiger partial charge in [0.2, 0.25) is 0 Å². The van der Waals surface area contributed by atoms with Gasteiger partial charge in [-0.25, -0.2) is 0 Å². The summed E-state index contributed by atoms with van der Waals surface area (Å²) in [6.45, 7) is 1.67. The summed E-state index contributed by atoms with van der Waals surface area (Å²) in [5, 5.41) is 9.35. The highest BCUT2D eigenvalue weighted by Crippen LogP contribution is 2.27. The summed E-state index contributed by atoms with van der Waals surface area (Å²) in [5.41, 5.74) is 3.84. The number of benzene rings is 1. The zero-order valence-electron chi connectivity index (χ0n) is 12.8. The van der Waals surface area contributed by atoms with Gasteiger partial charge in [0.25, 0.3) is 5.56 Å². The number of esters is 1. The van der Waals surface area contributed by atoms with Crippen molar-refractivity contribution in [1.29, 1.82) is 0 Å². The number of hydrogen-bond donors (Lipinski definition) is 1. The predicted molar refractivity (Wildman–Crippen MR) is 86.8 cm³/mol. The second kappa shape index (κ2) is 6.12. The molecule has 1 aromatic heterocycles. The summed E-state index contributed by atoms with van der Waals surface area (Å²) in [4.78, 5) is 22.8. The number of nitrogens with zero attached hydrogens (tertiary/aromatic N) is 1.